The van der Waals surface area contributed by atoms with Crippen molar-refractivity contribution in [3.8, 4) is 22.4 Å². The Balaban J connectivity index is 2.13. The van der Waals surface area contributed by atoms with E-state index in [0.29, 0.717) is 16.9 Å². The van der Waals surface area contributed by atoms with Crippen molar-refractivity contribution in [1.82, 2.24) is 4.98 Å². The molecule has 0 aliphatic heterocycles. The number of aryl methyl sites for hydroxylation is 1. The summed E-state index contributed by atoms with van der Waals surface area (Å²) in [6.07, 6.45) is 1.83. The van der Waals surface area contributed by atoms with E-state index >= 15 is 0 Å². The van der Waals surface area contributed by atoms with Crippen molar-refractivity contribution in [2.75, 3.05) is 0 Å². The molecule has 0 spiro atoms. The number of hydrogen-bond donors (Lipinski definition) is 0. The summed E-state index contributed by atoms with van der Waals surface area (Å²) in [5.41, 5.74) is 5.43. The Hall–Kier alpha value is -3.43. The standard InChI is InChI=1S/C20H13N3/c1-14-12-19(16-10-7-11-18(21-2)20(16)22-3)23-13-17(14)15-8-5-4-6-9-15/h4-13H,1H3. The number of para-hydroxylation sites is 1. The zero-order chi connectivity index (χ0) is 16.2. The second-order valence-electron chi connectivity index (χ2n) is 5.15. The van der Waals surface area contributed by atoms with Gasteiger partial charge in [-0.1, -0.05) is 48.5 Å². The lowest BCUT2D eigenvalue weighted by molar-refractivity contribution is 1.29. The molecule has 1 heterocycles. The summed E-state index contributed by atoms with van der Waals surface area (Å²) in [6.45, 7) is 16.6. The van der Waals surface area contributed by atoms with Crippen LogP contribution in [-0.4, -0.2) is 4.98 Å². The Kier molecular flexibility index (Phi) is 3.87. The Morgan fingerprint density at radius 1 is 0.870 bits per heavy atom. The summed E-state index contributed by atoms with van der Waals surface area (Å²) < 4.78 is 0. The van der Waals surface area contributed by atoms with Crippen LogP contribution in [0, 0.1) is 20.1 Å². The summed E-state index contributed by atoms with van der Waals surface area (Å²) in [4.78, 5) is 11.5. The lowest BCUT2D eigenvalue weighted by Gasteiger charge is -2.10. The van der Waals surface area contributed by atoms with Crippen LogP contribution in [0.5, 0.6) is 0 Å². The van der Waals surface area contributed by atoms with Crippen molar-refractivity contribution in [2.45, 2.75) is 6.92 Å². The molecule has 0 amide bonds. The van der Waals surface area contributed by atoms with E-state index < -0.39 is 0 Å². The molecule has 3 rings (SSSR count). The quantitative estimate of drug-likeness (QED) is 0.545. The number of aromatic nitrogens is 1. The highest BCUT2D eigenvalue weighted by Gasteiger charge is 2.12. The summed E-state index contributed by atoms with van der Waals surface area (Å²) in [7, 11) is 0. The average Bonchev–Trinajstić information content (AvgIpc) is 2.61. The summed E-state index contributed by atoms with van der Waals surface area (Å²) in [5.74, 6) is 0. The van der Waals surface area contributed by atoms with Crippen LogP contribution >= 0.6 is 0 Å². The lowest BCUT2D eigenvalue weighted by Crippen LogP contribution is -1.90. The lowest BCUT2D eigenvalue weighted by atomic mass is 10.00. The van der Waals surface area contributed by atoms with Crippen LogP contribution in [0.4, 0.5) is 11.4 Å². The van der Waals surface area contributed by atoms with Crippen molar-refractivity contribution < 1.29 is 0 Å². The monoisotopic (exact) mass is 295 g/mol. The molecule has 0 bridgehead atoms. The summed E-state index contributed by atoms with van der Waals surface area (Å²) >= 11 is 0. The van der Waals surface area contributed by atoms with E-state index in [-0.39, 0.29) is 0 Å². The van der Waals surface area contributed by atoms with Crippen LogP contribution in [0.25, 0.3) is 32.1 Å². The zero-order valence-corrected chi connectivity index (χ0v) is 12.6. The highest BCUT2D eigenvalue weighted by molar-refractivity contribution is 5.87. The van der Waals surface area contributed by atoms with E-state index in [1.165, 1.54) is 0 Å². The molecule has 108 valence electrons. The summed E-state index contributed by atoms with van der Waals surface area (Å²) in [5, 5.41) is 0. The third kappa shape index (κ3) is 2.69. The molecular formula is C20H13N3. The second kappa shape index (κ2) is 6.13. The number of rotatable bonds is 2. The molecular weight excluding hydrogens is 282 g/mol. The highest BCUT2D eigenvalue weighted by atomic mass is 14.8. The average molecular weight is 295 g/mol. The molecule has 1 aromatic heterocycles. The molecule has 3 heteroatoms. The van der Waals surface area contributed by atoms with Gasteiger partial charge >= 0.3 is 0 Å². The van der Waals surface area contributed by atoms with Gasteiger partial charge in [-0.25, -0.2) is 4.85 Å². The van der Waals surface area contributed by atoms with Gasteiger partial charge in [0.25, 0.3) is 0 Å². The predicted molar refractivity (Wildman–Crippen MR) is 92.4 cm³/mol. The second-order valence-corrected chi connectivity index (χ2v) is 5.15. The molecule has 0 atom stereocenters. The van der Waals surface area contributed by atoms with Crippen LogP contribution in [0.1, 0.15) is 5.56 Å². The van der Waals surface area contributed by atoms with E-state index in [1.54, 1.807) is 12.1 Å². The van der Waals surface area contributed by atoms with Crippen LogP contribution in [0.15, 0.2) is 60.8 Å². The number of hydrogen-bond acceptors (Lipinski definition) is 1. The maximum Gasteiger partial charge on any atom is 0.203 e. The van der Waals surface area contributed by atoms with Gasteiger partial charge in [0, 0.05) is 11.8 Å². The molecule has 3 nitrogen and oxygen atoms in total. The molecule has 0 saturated heterocycles. The van der Waals surface area contributed by atoms with Crippen molar-refractivity contribution in [2.24, 2.45) is 0 Å². The fourth-order valence-corrected chi connectivity index (χ4v) is 2.57. The van der Waals surface area contributed by atoms with Gasteiger partial charge < -0.3 is 0 Å². The third-order valence-corrected chi connectivity index (χ3v) is 3.72. The van der Waals surface area contributed by atoms with Gasteiger partial charge in [-0.05, 0) is 29.7 Å². The first-order valence-corrected chi connectivity index (χ1v) is 7.15. The molecule has 3 aromatic rings. The third-order valence-electron chi connectivity index (χ3n) is 3.72. The summed E-state index contributed by atoms with van der Waals surface area (Å²) in [6, 6.07) is 17.3. The van der Waals surface area contributed by atoms with Crippen molar-refractivity contribution >= 4 is 11.4 Å². The van der Waals surface area contributed by atoms with Gasteiger partial charge in [0.1, 0.15) is 0 Å². The molecule has 0 N–H and O–H groups in total. The van der Waals surface area contributed by atoms with Crippen molar-refractivity contribution in [3.05, 3.63) is 89.2 Å². The molecule has 23 heavy (non-hydrogen) atoms. The fraction of sp³-hybridized carbons (Fsp3) is 0.0500. The first-order chi connectivity index (χ1) is 11.2. The van der Waals surface area contributed by atoms with Gasteiger partial charge in [0.2, 0.25) is 5.69 Å². The molecule has 0 saturated carbocycles. The van der Waals surface area contributed by atoms with Crippen LogP contribution in [-0.2, 0) is 0 Å². The SMILES string of the molecule is [C-]#[N+]c1cccc(-c2cc(C)c(-c3ccccc3)cn2)c1[N+]#[C-]. The first-order valence-electron chi connectivity index (χ1n) is 7.15. The number of pyridine rings is 1. The molecule has 2 aromatic carbocycles. The highest BCUT2D eigenvalue weighted by Crippen LogP contribution is 2.38. The Morgan fingerprint density at radius 3 is 2.30 bits per heavy atom. The van der Waals surface area contributed by atoms with E-state index in [2.05, 4.69) is 14.7 Å². The zero-order valence-electron chi connectivity index (χ0n) is 12.6. The maximum atomic E-state index is 7.36. The van der Waals surface area contributed by atoms with Crippen molar-refractivity contribution in [3.63, 3.8) is 0 Å². The normalized spacial score (nSPS) is 9.87. The number of benzene rings is 2. The van der Waals surface area contributed by atoms with Gasteiger partial charge in [-0.2, -0.15) is 0 Å². The Bertz CT molecular complexity index is 945. The largest absolute Gasteiger partial charge is 0.257 e. The first kappa shape index (κ1) is 14.5. The van der Waals surface area contributed by atoms with Crippen LogP contribution < -0.4 is 0 Å². The predicted octanol–water partition coefficient (Wildman–Crippen LogP) is 5.83. The topological polar surface area (TPSA) is 21.6 Å². The maximum absolute atomic E-state index is 7.36. The van der Waals surface area contributed by atoms with Crippen molar-refractivity contribution in [1.29, 1.82) is 0 Å². The fourth-order valence-electron chi connectivity index (χ4n) is 2.57. The molecule has 0 aliphatic rings. The van der Waals surface area contributed by atoms with E-state index in [9.17, 15) is 0 Å². The molecule has 0 fully saturated rings. The van der Waals surface area contributed by atoms with E-state index in [0.717, 1.165) is 22.4 Å². The Morgan fingerprint density at radius 2 is 1.65 bits per heavy atom. The van der Waals surface area contributed by atoms with Crippen LogP contribution in [0.2, 0.25) is 0 Å². The molecule has 0 radical (unpaired) electrons. The Labute approximate surface area is 135 Å². The minimum atomic E-state index is 0.363. The van der Waals surface area contributed by atoms with Gasteiger partial charge in [0.05, 0.1) is 18.8 Å². The van der Waals surface area contributed by atoms with Gasteiger partial charge in [-0.15, -0.1) is 0 Å². The van der Waals surface area contributed by atoms with Crippen LogP contribution in [0.3, 0.4) is 0 Å². The van der Waals surface area contributed by atoms with E-state index in [1.807, 2.05) is 55.6 Å². The number of nitrogens with zero attached hydrogens (tertiary/aromatic N) is 3. The van der Waals surface area contributed by atoms with Gasteiger partial charge in [0.15, 0.2) is 5.69 Å². The van der Waals surface area contributed by atoms with E-state index in [4.69, 9.17) is 13.1 Å². The smallest absolute Gasteiger partial charge is 0.203 e. The minimum absolute atomic E-state index is 0.363. The minimum Gasteiger partial charge on any atom is -0.257 e. The molecule has 0 unspecified atom stereocenters. The molecule has 0 aliphatic carbocycles. The van der Waals surface area contributed by atoms with Gasteiger partial charge in [-0.3, -0.25) is 9.83 Å².